The van der Waals surface area contributed by atoms with Crippen LogP contribution in [0.15, 0.2) is 34.9 Å². The number of piperazine rings is 1. The molecule has 1 aromatic heterocycles. The van der Waals surface area contributed by atoms with Gasteiger partial charge in [-0.3, -0.25) is 4.90 Å². The molecule has 1 atom stereocenters. The molecule has 1 aliphatic heterocycles. The number of aromatic nitrogens is 1. The van der Waals surface area contributed by atoms with Gasteiger partial charge in [-0.1, -0.05) is 23.8 Å². The van der Waals surface area contributed by atoms with Gasteiger partial charge in [0.25, 0.3) is 0 Å². The highest BCUT2D eigenvalue weighted by atomic mass is 79.9. The monoisotopic (exact) mass is 387 g/mol. The van der Waals surface area contributed by atoms with Crippen LogP contribution in [0.1, 0.15) is 34.0 Å². The van der Waals surface area contributed by atoms with E-state index in [1.807, 2.05) is 0 Å². The van der Waals surface area contributed by atoms with Gasteiger partial charge in [0.1, 0.15) is 6.04 Å². The Balaban J connectivity index is 1.91. The van der Waals surface area contributed by atoms with Gasteiger partial charge in [-0.25, -0.2) is 0 Å². The van der Waals surface area contributed by atoms with Crippen molar-refractivity contribution in [1.82, 2.24) is 10.2 Å². The maximum absolute atomic E-state index is 12.8. The lowest BCUT2D eigenvalue weighted by molar-refractivity contribution is -0.617. The van der Waals surface area contributed by atoms with Crippen molar-refractivity contribution in [3.63, 3.8) is 0 Å². The number of nitrogens with zero attached hydrogens (tertiary/aromatic N) is 2. The van der Waals surface area contributed by atoms with Crippen molar-refractivity contribution in [2.75, 3.05) is 26.2 Å². The van der Waals surface area contributed by atoms with Crippen LogP contribution < -0.4 is 10.0 Å². The predicted molar refractivity (Wildman–Crippen MR) is 98.0 cm³/mol. The Morgan fingerprint density at radius 2 is 1.92 bits per heavy atom. The minimum atomic E-state index is 0.0470. The Bertz CT molecular complexity index is 771. The summed E-state index contributed by atoms with van der Waals surface area (Å²) in [4.78, 5) is 2.46. The molecule has 0 amide bonds. The molecule has 126 valence electrons. The summed E-state index contributed by atoms with van der Waals surface area (Å²) in [5.41, 5.74) is 6.04. The van der Waals surface area contributed by atoms with Gasteiger partial charge in [0.15, 0.2) is 6.20 Å². The lowest BCUT2D eigenvalue weighted by Crippen LogP contribution is -2.48. The number of pyridine rings is 1. The average molecular weight is 388 g/mol. The summed E-state index contributed by atoms with van der Waals surface area (Å²) in [6, 6.07) is 8.87. The highest BCUT2D eigenvalue weighted by molar-refractivity contribution is 9.10. The van der Waals surface area contributed by atoms with Crippen LogP contribution >= 0.6 is 15.9 Å². The van der Waals surface area contributed by atoms with E-state index < -0.39 is 0 Å². The van der Waals surface area contributed by atoms with Crippen molar-refractivity contribution < 1.29 is 4.73 Å². The van der Waals surface area contributed by atoms with E-state index in [1.165, 1.54) is 16.7 Å². The number of hydrogen-bond donors (Lipinski definition) is 1. The average Bonchev–Trinajstić information content (AvgIpc) is 2.72. The quantitative estimate of drug-likeness (QED) is 0.603. The maximum Gasteiger partial charge on any atom is 0.217 e. The fourth-order valence-electron chi connectivity index (χ4n) is 4.04. The Kier molecular flexibility index (Phi) is 4.33. The number of hydrogen-bond acceptors (Lipinski definition) is 3. The van der Waals surface area contributed by atoms with Gasteiger partial charge < -0.3 is 10.5 Å². The highest BCUT2D eigenvalue weighted by Gasteiger charge is 2.35. The zero-order valence-corrected chi connectivity index (χ0v) is 15.5. The summed E-state index contributed by atoms with van der Waals surface area (Å²) in [7, 11) is 0. The van der Waals surface area contributed by atoms with Gasteiger partial charge >= 0.3 is 0 Å². The van der Waals surface area contributed by atoms with Crippen molar-refractivity contribution in [1.29, 1.82) is 0 Å². The molecule has 0 saturated carbocycles. The molecule has 0 radical (unpaired) electrons. The first-order chi connectivity index (χ1) is 11.6. The Morgan fingerprint density at radius 3 is 2.71 bits per heavy atom. The van der Waals surface area contributed by atoms with Gasteiger partial charge in [-0.15, -0.1) is 0 Å². The van der Waals surface area contributed by atoms with Crippen LogP contribution in [0.25, 0.3) is 0 Å². The summed E-state index contributed by atoms with van der Waals surface area (Å²) >= 11 is 3.49. The molecule has 24 heavy (non-hydrogen) atoms. The molecule has 1 fully saturated rings. The molecular weight excluding hydrogens is 366 g/mol. The van der Waals surface area contributed by atoms with Crippen molar-refractivity contribution in [2.45, 2.75) is 25.8 Å². The first-order valence-electron chi connectivity index (χ1n) is 8.59. The molecule has 2 aliphatic rings. The molecule has 2 heterocycles. The number of aryl methyl sites for hydroxylation is 3. The van der Waals surface area contributed by atoms with E-state index in [1.54, 1.807) is 6.20 Å². The molecular formula is C19H22BrN3O. The summed E-state index contributed by atoms with van der Waals surface area (Å²) in [6.45, 7) is 6.02. The van der Waals surface area contributed by atoms with Crippen molar-refractivity contribution in [3.05, 3.63) is 68.1 Å². The van der Waals surface area contributed by atoms with Gasteiger partial charge in [0.05, 0.1) is 4.47 Å². The zero-order chi connectivity index (χ0) is 16.7. The van der Waals surface area contributed by atoms with Crippen LogP contribution in [-0.4, -0.2) is 31.1 Å². The number of halogens is 1. The van der Waals surface area contributed by atoms with Crippen molar-refractivity contribution in [2.24, 2.45) is 0 Å². The molecule has 0 unspecified atom stereocenters. The van der Waals surface area contributed by atoms with E-state index in [2.05, 4.69) is 57.3 Å². The smallest absolute Gasteiger partial charge is 0.217 e. The summed E-state index contributed by atoms with van der Waals surface area (Å²) in [5.74, 6) is 0. The normalized spacial score (nSPS) is 21.0. The lowest BCUT2D eigenvalue weighted by atomic mass is 9.95. The Morgan fingerprint density at radius 1 is 1.17 bits per heavy atom. The first-order valence-corrected chi connectivity index (χ1v) is 9.38. The van der Waals surface area contributed by atoms with Gasteiger partial charge in [-0.05, 0) is 52.9 Å². The second-order valence-electron chi connectivity index (χ2n) is 6.79. The molecule has 1 aliphatic carbocycles. The highest BCUT2D eigenvalue weighted by Crippen LogP contribution is 2.36. The Labute approximate surface area is 151 Å². The van der Waals surface area contributed by atoms with Crippen molar-refractivity contribution >= 4 is 15.9 Å². The standard InChI is InChI=1S/C19H22BrN3O/c1-13-2-5-17-14(10-13)3-4-15-11-16(20)12-23(24)18(15)19(17)22-8-6-21-7-9-22/h2,5,10-12,19,21H,3-4,6-9H2,1H3/t19-/m1/s1. The minimum Gasteiger partial charge on any atom is -0.618 e. The lowest BCUT2D eigenvalue weighted by Gasteiger charge is -2.34. The minimum absolute atomic E-state index is 0.0470. The summed E-state index contributed by atoms with van der Waals surface area (Å²) in [5, 5.41) is 16.2. The Hall–Kier alpha value is -1.43. The second-order valence-corrected chi connectivity index (χ2v) is 7.70. The van der Waals surface area contributed by atoms with Crippen LogP contribution in [0.2, 0.25) is 0 Å². The third-order valence-electron chi connectivity index (χ3n) is 5.15. The van der Waals surface area contributed by atoms with E-state index in [-0.39, 0.29) is 6.04 Å². The third kappa shape index (κ3) is 2.85. The van der Waals surface area contributed by atoms with Crippen LogP contribution in [0.3, 0.4) is 0 Å². The van der Waals surface area contributed by atoms with Gasteiger partial charge in [-0.2, -0.15) is 4.73 Å². The molecule has 5 heteroatoms. The van der Waals surface area contributed by atoms with Crippen LogP contribution in [0, 0.1) is 12.1 Å². The molecule has 1 saturated heterocycles. The van der Waals surface area contributed by atoms with Gasteiger partial charge in [0.2, 0.25) is 5.69 Å². The van der Waals surface area contributed by atoms with Crippen LogP contribution in [0.4, 0.5) is 0 Å². The SMILES string of the molecule is Cc1ccc2c(c1)CCc1cc(Br)c[n+]([O-])c1[C@@H]2N1CCNCC1. The number of fused-ring (bicyclic) bond motifs is 2. The summed E-state index contributed by atoms with van der Waals surface area (Å²) in [6.07, 6.45) is 3.55. The van der Waals surface area contributed by atoms with E-state index in [0.717, 1.165) is 59.5 Å². The van der Waals surface area contributed by atoms with E-state index in [9.17, 15) is 5.21 Å². The van der Waals surface area contributed by atoms with E-state index in [0.29, 0.717) is 0 Å². The zero-order valence-electron chi connectivity index (χ0n) is 13.9. The third-order valence-corrected chi connectivity index (χ3v) is 5.59. The molecule has 0 spiro atoms. The number of benzene rings is 1. The second kappa shape index (κ2) is 6.47. The topological polar surface area (TPSA) is 42.2 Å². The van der Waals surface area contributed by atoms with Crippen LogP contribution in [0.5, 0.6) is 0 Å². The number of nitrogens with one attached hydrogen (secondary N) is 1. The largest absolute Gasteiger partial charge is 0.618 e. The van der Waals surface area contributed by atoms with E-state index in [4.69, 9.17) is 0 Å². The summed E-state index contributed by atoms with van der Waals surface area (Å²) < 4.78 is 1.94. The predicted octanol–water partition coefficient (Wildman–Crippen LogP) is 2.48. The van der Waals surface area contributed by atoms with Gasteiger partial charge in [0, 0.05) is 31.7 Å². The fraction of sp³-hybridized carbons (Fsp3) is 0.421. The molecule has 1 N–H and O–H groups in total. The number of rotatable bonds is 1. The fourth-order valence-corrected chi connectivity index (χ4v) is 4.50. The first kappa shape index (κ1) is 16.1. The molecule has 4 nitrogen and oxygen atoms in total. The molecule has 1 aromatic carbocycles. The van der Waals surface area contributed by atoms with Crippen LogP contribution in [-0.2, 0) is 12.8 Å². The maximum atomic E-state index is 12.8. The molecule has 2 aromatic rings. The molecule has 0 bridgehead atoms. The van der Waals surface area contributed by atoms with E-state index >= 15 is 0 Å². The van der Waals surface area contributed by atoms with Crippen molar-refractivity contribution in [3.8, 4) is 0 Å². The molecule has 4 rings (SSSR count).